The van der Waals surface area contributed by atoms with Crippen molar-refractivity contribution in [1.29, 1.82) is 0 Å². The molecule has 0 saturated carbocycles. The van der Waals surface area contributed by atoms with Gasteiger partial charge < -0.3 is 18.9 Å². The van der Waals surface area contributed by atoms with Crippen molar-refractivity contribution >= 4 is 18.6 Å². The molecular weight excluding hydrogens is 316 g/mol. The van der Waals surface area contributed by atoms with Crippen LogP contribution in [-0.2, 0) is 9.47 Å². The maximum atomic E-state index is 11.6. The second kappa shape index (κ2) is 7.33. The largest absolute Gasteiger partial charge is 0.514 e. The molecule has 24 heavy (non-hydrogen) atoms. The SMILES string of the molecule is CC(C)(C)OC(=O)Oc1ccc(OC(=O)OC(C)(C)C)c(C=O)c1. The van der Waals surface area contributed by atoms with E-state index in [1.807, 2.05) is 0 Å². The maximum absolute atomic E-state index is 11.6. The number of carbonyl (C=O) groups is 3. The number of hydrogen-bond donors (Lipinski definition) is 0. The second-order valence-corrected chi connectivity index (χ2v) is 6.95. The van der Waals surface area contributed by atoms with Crippen LogP contribution in [0.3, 0.4) is 0 Å². The Morgan fingerprint density at radius 1 is 0.875 bits per heavy atom. The van der Waals surface area contributed by atoms with Gasteiger partial charge >= 0.3 is 12.3 Å². The molecule has 1 aromatic rings. The lowest BCUT2D eigenvalue weighted by molar-refractivity contribution is 0.0184. The van der Waals surface area contributed by atoms with E-state index in [1.54, 1.807) is 41.5 Å². The molecule has 0 heterocycles. The third kappa shape index (κ3) is 7.13. The van der Waals surface area contributed by atoms with Crippen LogP contribution in [0.4, 0.5) is 9.59 Å². The average molecular weight is 338 g/mol. The summed E-state index contributed by atoms with van der Waals surface area (Å²) in [4.78, 5) is 34.4. The molecule has 0 saturated heterocycles. The fourth-order valence-corrected chi connectivity index (χ4v) is 1.50. The molecule has 7 nitrogen and oxygen atoms in total. The first-order valence-electron chi connectivity index (χ1n) is 7.30. The van der Waals surface area contributed by atoms with E-state index in [1.165, 1.54) is 18.2 Å². The van der Waals surface area contributed by atoms with Crippen LogP contribution in [0.15, 0.2) is 18.2 Å². The van der Waals surface area contributed by atoms with Gasteiger partial charge in [-0.25, -0.2) is 9.59 Å². The van der Waals surface area contributed by atoms with E-state index in [4.69, 9.17) is 18.9 Å². The van der Waals surface area contributed by atoms with Gasteiger partial charge in [-0.15, -0.1) is 0 Å². The highest BCUT2D eigenvalue weighted by Crippen LogP contribution is 2.24. The summed E-state index contributed by atoms with van der Waals surface area (Å²) in [7, 11) is 0. The number of aldehydes is 1. The zero-order valence-corrected chi connectivity index (χ0v) is 14.7. The van der Waals surface area contributed by atoms with E-state index in [2.05, 4.69) is 0 Å². The molecule has 0 aromatic heterocycles. The molecule has 0 aliphatic heterocycles. The summed E-state index contributed by atoms with van der Waals surface area (Å²) >= 11 is 0. The van der Waals surface area contributed by atoms with Crippen LogP contribution in [0, 0.1) is 0 Å². The number of ether oxygens (including phenoxy) is 4. The monoisotopic (exact) mass is 338 g/mol. The van der Waals surface area contributed by atoms with Crippen LogP contribution >= 0.6 is 0 Å². The normalized spacial score (nSPS) is 11.4. The molecule has 0 unspecified atom stereocenters. The quantitative estimate of drug-likeness (QED) is 0.465. The van der Waals surface area contributed by atoms with Gasteiger partial charge in [0.05, 0.1) is 5.56 Å². The minimum absolute atomic E-state index is 0.00390. The predicted molar refractivity (Wildman–Crippen MR) is 85.6 cm³/mol. The van der Waals surface area contributed by atoms with Gasteiger partial charge in [-0.05, 0) is 59.7 Å². The Morgan fingerprint density at radius 3 is 1.83 bits per heavy atom. The zero-order valence-electron chi connectivity index (χ0n) is 14.7. The van der Waals surface area contributed by atoms with Crippen molar-refractivity contribution in [3.05, 3.63) is 23.8 Å². The molecule has 0 amide bonds. The van der Waals surface area contributed by atoms with Crippen molar-refractivity contribution in [3.63, 3.8) is 0 Å². The standard InChI is InChI=1S/C17H22O7/c1-16(2,3)23-14(19)21-12-7-8-13(11(9-12)10-18)22-15(20)24-17(4,5)6/h7-10H,1-6H3. The Balaban J connectivity index is 2.84. The summed E-state index contributed by atoms with van der Waals surface area (Å²) in [5.41, 5.74) is -1.40. The number of carbonyl (C=O) groups excluding carboxylic acids is 3. The first kappa shape index (κ1) is 19.5. The first-order chi connectivity index (χ1) is 10.9. The molecular formula is C17H22O7. The second-order valence-electron chi connectivity index (χ2n) is 6.95. The maximum Gasteiger partial charge on any atom is 0.514 e. The summed E-state index contributed by atoms with van der Waals surface area (Å²) in [6.07, 6.45) is -1.37. The van der Waals surface area contributed by atoms with E-state index in [-0.39, 0.29) is 17.1 Å². The van der Waals surface area contributed by atoms with Gasteiger partial charge in [0.25, 0.3) is 0 Å². The van der Waals surface area contributed by atoms with Crippen molar-refractivity contribution in [2.75, 3.05) is 0 Å². The van der Waals surface area contributed by atoms with Crippen molar-refractivity contribution in [1.82, 2.24) is 0 Å². The van der Waals surface area contributed by atoms with Gasteiger partial charge in [-0.3, -0.25) is 4.79 Å². The molecule has 7 heteroatoms. The van der Waals surface area contributed by atoms with Crippen LogP contribution in [0.25, 0.3) is 0 Å². The Hall–Kier alpha value is -2.57. The summed E-state index contributed by atoms with van der Waals surface area (Å²) in [6.45, 7) is 10.2. The average Bonchev–Trinajstić information content (AvgIpc) is 2.35. The molecule has 0 N–H and O–H groups in total. The smallest absolute Gasteiger partial charge is 0.428 e. The van der Waals surface area contributed by atoms with Gasteiger partial charge in [0, 0.05) is 0 Å². The Kier molecular flexibility index (Phi) is 5.95. The molecule has 132 valence electrons. The van der Waals surface area contributed by atoms with Gasteiger partial charge in [0.1, 0.15) is 22.7 Å². The summed E-state index contributed by atoms with van der Waals surface area (Å²) < 4.78 is 20.0. The Labute approximate surface area is 140 Å². The van der Waals surface area contributed by atoms with Crippen LogP contribution < -0.4 is 9.47 Å². The first-order valence-corrected chi connectivity index (χ1v) is 7.30. The summed E-state index contributed by atoms with van der Waals surface area (Å²) in [5, 5.41) is 0. The number of benzene rings is 1. The molecule has 0 radical (unpaired) electrons. The Morgan fingerprint density at radius 2 is 1.38 bits per heavy atom. The molecule has 0 fully saturated rings. The van der Waals surface area contributed by atoms with Crippen molar-refractivity contribution in [2.24, 2.45) is 0 Å². The van der Waals surface area contributed by atoms with E-state index >= 15 is 0 Å². The minimum atomic E-state index is -0.939. The Bertz CT molecular complexity index is 621. The third-order valence-corrected chi connectivity index (χ3v) is 2.28. The molecule has 0 aliphatic rings. The van der Waals surface area contributed by atoms with Gasteiger partial charge in [0.2, 0.25) is 0 Å². The third-order valence-electron chi connectivity index (χ3n) is 2.28. The molecule has 0 bridgehead atoms. The van der Waals surface area contributed by atoms with Crippen molar-refractivity contribution < 1.29 is 33.3 Å². The lowest BCUT2D eigenvalue weighted by Gasteiger charge is -2.19. The lowest BCUT2D eigenvalue weighted by atomic mass is 10.2. The van der Waals surface area contributed by atoms with E-state index in [9.17, 15) is 14.4 Å². The van der Waals surface area contributed by atoms with Crippen molar-refractivity contribution in [2.45, 2.75) is 52.7 Å². The van der Waals surface area contributed by atoms with E-state index in [0.717, 1.165) is 0 Å². The van der Waals surface area contributed by atoms with Gasteiger partial charge in [-0.2, -0.15) is 0 Å². The van der Waals surface area contributed by atoms with Gasteiger partial charge in [0.15, 0.2) is 6.29 Å². The zero-order chi connectivity index (χ0) is 18.5. The van der Waals surface area contributed by atoms with Crippen LogP contribution in [-0.4, -0.2) is 29.8 Å². The summed E-state index contributed by atoms with van der Waals surface area (Å²) in [5.74, 6) is 0.0821. The fourth-order valence-electron chi connectivity index (χ4n) is 1.50. The van der Waals surface area contributed by atoms with Crippen molar-refractivity contribution in [3.8, 4) is 11.5 Å². The molecule has 1 rings (SSSR count). The molecule has 1 aromatic carbocycles. The molecule has 0 spiro atoms. The molecule has 0 aliphatic carbocycles. The highest BCUT2D eigenvalue weighted by atomic mass is 16.7. The van der Waals surface area contributed by atoms with Crippen LogP contribution in [0.1, 0.15) is 51.9 Å². The van der Waals surface area contributed by atoms with E-state index in [0.29, 0.717) is 6.29 Å². The van der Waals surface area contributed by atoms with E-state index < -0.39 is 23.5 Å². The highest BCUT2D eigenvalue weighted by Gasteiger charge is 2.21. The topological polar surface area (TPSA) is 88.1 Å². The molecule has 0 atom stereocenters. The highest BCUT2D eigenvalue weighted by molar-refractivity contribution is 5.82. The minimum Gasteiger partial charge on any atom is -0.428 e. The number of hydrogen-bond acceptors (Lipinski definition) is 7. The predicted octanol–water partition coefficient (Wildman–Crippen LogP) is 4.13. The lowest BCUT2D eigenvalue weighted by Crippen LogP contribution is -2.26. The van der Waals surface area contributed by atoms with Gasteiger partial charge in [-0.1, -0.05) is 0 Å². The number of rotatable bonds is 3. The van der Waals surface area contributed by atoms with Crippen LogP contribution in [0.2, 0.25) is 0 Å². The summed E-state index contributed by atoms with van der Waals surface area (Å²) in [6, 6.07) is 3.96. The fraction of sp³-hybridized carbons (Fsp3) is 0.471. The van der Waals surface area contributed by atoms with Crippen LogP contribution in [0.5, 0.6) is 11.5 Å².